The standard InChI is InChI=1S/C15H15N3O/c1-17-13-9-5-6-10-14(13)18(16-17)11-15(19)12-7-3-2-4-8-12/h2-10,16H,11H2,1H3/p+1. The number of carbonyl (C=O) groups excluding carboxylic acids is 1. The SMILES string of the molecule is CN1[NH2+]N(CC(=O)c2ccccc2)c2ccccc21. The molecular weight excluding hydrogens is 238 g/mol. The van der Waals surface area contributed by atoms with E-state index in [4.69, 9.17) is 0 Å². The predicted molar refractivity (Wildman–Crippen MR) is 74.9 cm³/mol. The van der Waals surface area contributed by atoms with Gasteiger partial charge in [0, 0.05) is 5.56 Å². The molecule has 1 aliphatic rings. The van der Waals surface area contributed by atoms with Gasteiger partial charge in [-0.15, -0.1) is 5.53 Å². The number of Topliss-reactive ketones (excluding diaryl/α,β-unsaturated/α-hetero) is 1. The number of para-hydroxylation sites is 2. The van der Waals surface area contributed by atoms with Crippen molar-refractivity contribution in [2.75, 3.05) is 23.6 Å². The molecule has 96 valence electrons. The van der Waals surface area contributed by atoms with E-state index < -0.39 is 0 Å². The minimum absolute atomic E-state index is 0.127. The molecule has 1 aliphatic heterocycles. The lowest BCUT2D eigenvalue weighted by Gasteiger charge is -2.14. The maximum absolute atomic E-state index is 12.2. The van der Waals surface area contributed by atoms with Crippen molar-refractivity contribution >= 4 is 17.2 Å². The second-order valence-electron chi connectivity index (χ2n) is 4.63. The lowest BCUT2D eigenvalue weighted by atomic mass is 10.1. The van der Waals surface area contributed by atoms with Crippen LogP contribution in [0.15, 0.2) is 54.6 Å². The van der Waals surface area contributed by atoms with E-state index in [1.54, 1.807) is 0 Å². The van der Waals surface area contributed by atoms with Gasteiger partial charge in [0.25, 0.3) is 0 Å². The van der Waals surface area contributed by atoms with Gasteiger partial charge in [-0.3, -0.25) is 4.79 Å². The van der Waals surface area contributed by atoms with E-state index in [2.05, 4.69) is 6.07 Å². The molecule has 4 heteroatoms. The van der Waals surface area contributed by atoms with Crippen LogP contribution in [0.25, 0.3) is 0 Å². The Morgan fingerprint density at radius 1 is 1.00 bits per heavy atom. The number of benzene rings is 2. The molecule has 0 saturated carbocycles. The molecule has 2 aromatic rings. The van der Waals surface area contributed by atoms with Gasteiger partial charge in [-0.1, -0.05) is 42.5 Å². The van der Waals surface area contributed by atoms with Crippen molar-refractivity contribution < 1.29 is 10.3 Å². The summed E-state index contributed by atoms with van der Waals surface area (Å²) in [5, 5.41) is 4.03. The van der Waals surface area contributed by atoms with Crippen molar-refractivity contribution in [2.24, 2.45) is 0 Å². The molecule has 0 aliphatic carbocycles. The van der Waals surface area contributed by atoms with Crippen LogP contribution in [-0.2, 0) is 0 Å². The first kappa shape index (κ1) is 11.7. The normalized spacial score (nSPS) is 13.5. The maximum atomic E-state index is 12.2. The first-order valence-corrected chi connectivity index (χ1v) is 6.27. The molecule has 0 fully saturated rings. The largest absolute Gasteiger partial charge is 0.292 e. The molecule has 4 nitrogen and oxygen atoms in total. The lowest BCUT2D eigenvalue weighted by molar-refractivity contribution is -0.666. The monoisotopic (exact) mass is 254 g/mol. The Hall–Kier alpha value is -2.33. The molecule has 0 radical (unpaired) electrons. The Labute approximate surface area is 112 Å². The molecule has 3 rings (SSSR count). The van der Waals surface area contributed by atoms with Crippen LogP contribution in [0.4, 0.5) is 11.4 Å². The first-order valence-electron chi connectivity index (χ1n) is 6.27. The lowest BCUT2D eigenvalue weighted by Crippen LogP contribution is -3.00. The van der Waals surface area contributed by atoms with E-state index in [9.17, 15) is 4.79 Å². The predicted octanol–water partition coefficient (Wildman–Crippen LogP) is 1.22. The molecule has 2 aromatic carbocycles. The van der Waals surface area contributed by atoms with Crippen molar-refractivity contribution in [1.82, 2.24) is 0 Å². The zero-order valence-electron chi connectivity index (χ0n) is 10.8. The Kier molecular flexibility index (Phi) is 2.93. The van der Waals surface area contributed by atoms with Crippen LogP contribution >= 0.6 is 0 Å². The van der Waals surface area contributed by atoms with Crippen LogP contribution in [0.2, 0.25) is 0 Å². The van der Waals surface area contributed by atoms with E-state index in [0.717, 1.165) is 16.9 Å². The second kappa shape index (κ2) is 4.74. The van der Waals surface area contributed by atoms with Gasteiger partial charge in [-0.05, 0) is 12.1 Å². The topological polar surface area (TPSA) is 40.2 Å². The fourth-order valence-corrected chi connectivity index (χ4v) is 2.33. The van der Waals surface area contributed by atoms with Crippen LogP contribution in [0.5, 0.6) is 0 Å². The summed E-state index contributed by atoms with van der Waals surface area (Å²) >= 11 is 0. The summed E-state index contributed by atoms with van der Waals surface area (Å²) in [6.07, 6.45) is 0. The van der Waals surface area contributed by atoms with E-state index in [1.165, 1.54) is 0 Å². The average Bonchev–Trinajstić information content (AvgIpc) is 2.77. The third kappa shape index (κ3) is 2.18. The number of ketones is 1. The first-order chi connectivity index (χ1) is 9.25. The molecule has 0 amide bonds. The van der Waals surface area contributed by atoms with Gasteiger partial charge >= 0.3 is 0 Å². The molecule has 19 heavy (non-hydrogen) atoms. The Morgan fingerprint density at radius 3 is 2.37 bits per heavy atom. The van der Waals surface area contributed by atoms with E-state index in [1.807, 2.05) is 71.1 Å². The van der Waals surface area contributed by atoms with Crippen LogP contribution < -0.4 is 15.6 Å². The summed E-state index contributed by atoms with van der Waals surface area (Å²) in [5.41, 5.74) is 4.92. The number of nitrogens with zero attached hydrogens (tertiary/aromatic N) is 2. The van der Waals surface area contributed by atoms with Crippen LogP contribution in [-0.4, -0.2) is 19.4 Å². The van der Waals surface area contributed by atoms with Crippen LogP contribution in [0.1, 0.15) is 10.4 Å². The van der Waals surface area contributed by atoms with Gasteiger partial charge in [0.05, 0.1) is 7.05 Å². The molecule has 0 atom stereocenters. The maximum Gasteiger partial charge on any atom is 0.187 e. The molecule has 1 heterocycles. The zero-order valence-corrected chi connectivity index (χ0v) is 10.8. The smallest absolute Gasteiger partial charge is 0.187 e. The number of rotatable bonds is 3. The van der Waals surface area contributed by atoms with E-state index >= 15 is 0 Å². The Morgan fingerprint density at radius 2 is 1.63 bits per heavy atom. The highest BCUT2D eigenvalue weighted by molar-refractivity contribution is 5.99. The third-order valence-corrected chi connectivity index (χ3v) is 3.29. The molecule has 0 aromatic heterocycles. The second-order valence-corrected chi connectivity index (χ2v) is 4.63. The summed E-state index contributed by atoms with van der Waals surface area (Å²) in [4.78, 5) is 12.2. The molecule has 0 bridgehead atoms. The van der Waals surface area contributed by atoms with Crippen LogP contribution in [0.3, 0.4) is 0 Å². The number of hydrogen-bond donors (Lipinski definition) is 1. The number of quaternary nitrogens is 1. The molecule has 0 saturated heterocycles. The van der Waals surface area contributed by atoms with Gasteiger partial charge in [0.15, 0.2) is 5.78 Å². The number of anilines is 2. The molecular formula is C15H16N3O+. The number of carbonyl (C=O) groups is 1. The number of fused-ring (bicyclic) bond motifs is 1. The van der Waals surface area contributed by atoms with E-state index in [0.29, 0.717) is 6.54 Å². The van der Waals surface area contributed by atoms with Crippen molar-refractivity contribution in [3.05, 3.63) is 60.2 Å². The molecule has 2 N–H and O–H groups in total. The van der Waals surface area contributed by atoms with Gasteiger partial charge in [0.2, 0.25) is 0 Å². The molecule has 0 spiro atoms. The van der Waals surface area contributed by atoms with Crippen molar-refractivity contribution in [2.45, 2.75) is 0 Å². The summed E-state index contributed by atoms with van der Waals surface area (Å²) < 4.78 is 0. The average molecular weight is 254 g/mol. The minimum atomic E-state index is 0.127. The van der Waals surface area contributed by atoms with Crippen molar-refractivity contribution in [1.29, 1.82) is 0 Å². The highest BCUT2D eigenvalue weighted by Crippen LogP contribution is 2.27. The minimum Gasteiger partial charge on any atom is -0.292 e. The third-order valence-electron chi connectivity index (χ3n) is 3.29. The summed E-state index contributed by atoms with van der Waals surface area (Å²) in [5.74, 6) is 0.127. The summed E-state index contributed by atoms with van der Waals surface area (Å²) in [6.45, 7) is 0.366. The van der Waals surface area contributed by atoms with Crippen molar-refractivity contribution in [3.8, 4) is 0 Å². The van der Waals surface area contributed by atoms with Gasteiger partial charge in [0.1, 0.15) is 17.9 Å². The van der Waals surface area contributed by atoms with Gasteiger partial charge in [-0.25, -0.2) is 5.01 Å². The van der Waals surface area contributed by atoms with Crippen LogP contribution in [0, 0.1) is 0 Å². The summed E-state index contributed by atoms with van der Waals surface area (Å²) in [7, 11) is 1.99. The molecule has 0 unspecified atom stereocenters. The van der Waals surface area contributed by atoms with Crippen molar-refractivity contribution in [3.63, 3.8) is 0 Å². The fraction of sp³-hybridized carbons (Fsp3) is 0.133. The Bertz CT molecular complexity index is 597. The highest BCUT2D eigenvalue weighted by Gasteiger charge is 2.28. The number of hydrogen-bond acceptors (Lipinski definition) is 3. The number of nitrogens with two attached hydrogens (primary N) is 1. The van der Waals surface area contributed by atoms with Gasteiger partial charge < -0.3 is 0 Å². The highest BCUT2D eigenvalue weighted by atomic mass is 16.1. The Balaban J connectivity index is 1.81. The fourth-order valence-electron chi connectivity index (χ4n) is 2.33. The van der Waals surface area contributed by atoms with E-state index in [-0.39, 0.29) is 5.78 Å². The summed E-state index contributed by atoms with van der Waals surface area (Å²) in [6, 6.07) is 17.5. The van der Waals surface area contributed by atoms with Gasteiger partial charge in [-0.2, -0.15) is 5.01 Å². The quantitative estimate of drug-likeness (QED) is 0.661. The zero-order chi connectivity index (χ0) is 13.2.